The predicted molar refractivity (Wildman–Crippen MR) is 139 cm³/mol. The monoisotopic (exact) mass is 499 g/mol. The van der Waals surface area contributed by atoms with E-state index in [1.54, 1.807) is 48.0 Å². The highest BCUT2D eigenvalue weighted by molar-refractivity contribution is 7.98. The first-order chi connectivity index (χ1) is 17.5. The lowest BCUT2D eigenvalue weighted by Crippen LogP contribution is -2.33. The zero-order valence-corrected chi connectivity index (χ0v) is 20.9. The molecule has 9 heteroatoms. The lowest BCUT2D eigenvalue weighted by molar-refractivity contribution is -0.142. The minimum absolute atomic E-state index is 0.0877. The molecule has 4 rings (SSSR count). The van der Waals surface area contributed by atoms with Crippen LogP contribution in [0.25, 0.3) is 11.2 Å². The van der Waals surface area contributed by atoms with Crippen LogP contribution in [0.2, 0.25) is 0 Å². The Morgan fingerprint density at radius 3 is 2.58 bits per heavy atom. The van der Waals surface area contributed by atoms with Gasteiger partial charge in [-0.3, -0.25) is 9.59 Å². The largest absolute Gasteiger partial charge is 0.466 e. The minimum atomic E-state index is -0.353. The van der Waals surface area contributed by atoms with E-state index in [4.69, 9.17) is 15.0 Å². The number of nitriles is 1. The average Bonchev–Trinajstić information content (AvgIpc) is 3.23. The van der Waals surface area contributed by atoms with Gasteiger partial charge in [-0.15, -0.1) is 11.8 Å². The molecule has 8 nitrogen and oxygen atoms in total. The molecule has 0 aliphatic rings. The lowest BCUT2D eigenvalue weighted by atomic mass is 10.2. The number of carbonyl (C=O) groups is 2. The maximum absolute atomic E-state index is 13.5. The molecule has 1 amide bonds. The number of nitrogens with zero attached hydrogens (tertiary/aromatic N) is 5. The van der Waals surface area contributed by atoms with Crippen LogP contribution in [0.5, 0.6) is 0 Å². The van der Waals surface area contributed by atoms with Crippen LogP contribution < -0.4 is 4.90 Å². The number of rotatable bonds is 9. The molecule has 0 bridgehead atoms. The molecular formula is C27H25N5O3S. The van der Waals surface area contributed by atoms with Gasteiger partial charge in [-0.25, -0.2) is 9.97 Å². The smallest absolute Gasteiger partial charge is 0.307 e. The van der Waals surface area contributed by atoms with Crippen molar-refractivity contribution < 1.29 is 14.3 Å². The highest BCUT2D eigenvalue weighted by Gasteiger charge is 2.21. The SMILES string of the molecule is CCOC(=O)CCN(C(=O)c1cnc2c(c1)nc(CSc1ccc(C#N)cc1)n2C)c1ccccc1. The quantitative estimate of drug-likeness (QED) is 0.242. The number of amides is 1. The molecule has 0 aliphatic heterocycles. The van der Waals surface area contributed by atoms with E-state index in [1.807, 2.05) is 54.1 Å². The summed E-state index contributed by atoms with van der Waals surface area (Å²) in [5.41, 5.74) is 3.00. The Kier molecular flexibility index (Phi) is 7.98. The number of fused-ring (bicyclic) bond motifs is 1. The number of hydrogen-bond acceptors (Lipinski definition) is 7. The summed E-state index contributed by atoms with van der Waals surface area (Å²) in [6.45, 7) is 2.24. The average molecular weight is 500 g/mol. The predicted octanol–water partition coefficient (Wildman–Crippen LogP) is 4.73. The van der Waals surface area contributed by atoms with Gasteiger partial charge in [0.1, 0.15) is 11.3 Å². The lowest BCUT2D eigenvalue weighted by Gasteiger charge is -2.22. The molecule has 0 saturated carbocycles. The van der Waals surface area contributed by atoms with Gasteiger partial charge < -0.3 is 14.2 Å². The van der Waals surface area contributed by atoms with Crippen molar-refractivity contribution in [2.45, 2.75) is 24.0 Å². The van der Waals surface area contributed by atoms with Crippen molar-refractivity contribution in [2.75, 3.05) is 18.1 Å². The summed E-state index contributed by atoms with van der Waals surface area (Å²) in [4.78, 5) is 37.3. The zero-order valence-electron chi connectivity index (χ0n) is 20.0. The Morgan fingerprint density at radius 2 is 1.89 bits per heavy atom. The number of hydrogen-bond donors (Lipinski definition) is 0. The maximum Gasteiger partial charge on any atom is 0.307 e. The van der Waals surface area contributed by atoms with E-state index in [1.165, 1.54) is 0 Å². The highest BCUT2D eigenvalue weighted by atomic mass is 32.2. The summed E-state index contributed by atoms with van der Waals surface area (Å²) in [5.74, 6) is 0.809. The maximum atomic E-state index is 13.5. The number of carbonyl (C=O) groups excluding carboxylic acids is 2. The Labute approximate surface area is 213 Å². The van der Waals surface area contributed by atoms with E-state index in [2.05, 4.69) is 11.1 Å². The van der Waals surface area contributed by atoms with Crippen LogP contribution in [0, 0.1) is 11.3 Å². The Morgan fingerprint density at radius 1 is 1.14 bits per heavy atom. The van der Waals surface area contributed by atoms with Gasteiger partial charge in [0.05, 0.1) is 36.0 Å². The minimum Gasteiger partial charge on any atom is -0.466 e. The molecular weight excluding hydrogens is 474 g/mol. The Balaban J connectivity index is 1.55. The summed E-state index contributed by atoms with van der Waals surface area (Å²) in [6, 6.07) is 20.5. The van der Waals surface area contributed by atoms with Crippen LogP contribution in [-0.4, -0.2) is 39.6 Å². The topological polar surface area (TPSA) is 101 Å². The third-order valence-corrected chi connectivity index (χ3v) is 6.57. The number of esters is 1. The van der Waals surface area contributed by atoms with Crippen LogP contribution in [-0.2, 0) is 22.3 Å². The van der Waals surface area contributed by atoms with Crippen LogP contribution in [0.3, 0.4) is 0 Å². The molecule has 0 saturated heterocycles. The van der Waals surface area contributed by atoms with Gasteiger partial charge in [-0.05, 0) is 49.4 Å². The summed E-state index contributed by atoms with van der Waals surface area (Å²) in [6.07, 6.45) is 1.63. The molecule has 0 spiro atoms. The third-order valence-electron chi connectivity index (χ3n) is 5.56. The second-order valence-electron chi connectivity index (χ2n) is 7.93. The molecule has 182 valence electrons. The number of aromatic nitrogens is 3. The highest BCUT2D eigenvalue weighted by Crippen LogP contribution is 2.25. The van der Waals surface area contributed by atoms with Gasteiger partial charge in [0, 0.05) is 30.4 Å². The molecule has 2 aromatic carbocycles. The van der Waals surface area contributed by atoms with Gasteiger partial charge >= 0.3 is 5.97 Å². The third kappa shape index (κ3) is 5.73. The molecule has 0 radical (unpaired) electrons. The Hall–Kier alpha value is -4.16. The zero-order chi connectivity index (χ0) is 25.5. The second kappa shape index (κ2) is 11.5. The molecule has 2 heterocycles. The summed E-state index contributed by atoms with van der Waals surface area (Å²) < 4.78 is 6.95. The molecule has 2 aromatic heterocycles. The van der Waals surface area contributed by atoms with Gasteiger partial charge in [-0.1, -0.05) is 18.2 Å². The Bertz CT molecular complexity index is 1410. The number of thioether (sulfide) groups is 1. The number of pyridine rings is 1. The van der Waals surface area contributed by atoms with Gasteiger partial charge in [0.25, 0.3) is 5.91 Å². The molecule has 0 N–H and O–H groups in total. The van der Waals surface area contributed by atoms with Crippen LogP contribution in [0.15, 0.2) is 71.8 Å². The van der Waals surface area contributed by atoms with Crippen molar-refractivity contribution in [3.63, 3.8) is 0 Å². The van der Waals surface area contributed by atoms with Crippen molar-refractivity contribution >= 4 is 40.5 Å². The van der Waals surface area contributed by atoms with E-state index in [-0.39, 0.29) is 24.8 Å². The van der Waals surface area contributed by atoms with E-state index in [0.717, 1.165) is 10.7 Å². The number of ether oxygens (including phenoxy) is 1. The van der Waals surface area contributed by atoms with E-state index < -0.39 is 0 Å². The first kappa shape index (κ1) is 24.9. The van der Waals surface area contributed by atoms with E-state index in [9.17, 15) is 9.59 Å². The summed E-state index contributed by atoms with van der Waals surface area (Å²) in [5, 5.41) is 8.97. The molecule has 36 heavy (non-hydrogen) atoms. The molecule has 0 atom stereocenters. The van der Waals surface area contributed by atoms with Crippen LogP contribution in [0.4, 0.5) is 5.69 Å². The molecule has 0 unspecified atom stereocenters. The first-order valence-corrected chi connectivity index (χ1v) is 12.5. The second-order valence-corrected chi connectivity index (χ2v) is 8.97. The fourth-order valence-corrected chi connectivity index (χ4v) is 4.57. The molecule has 0 aliphatic carbocycles. The number of imidazole rings is 1. The molecule has 4 aromatic rings. The summed E-state index contributed by atoms with van der Waals surface area (Å²) in [7, 11) is 1.90. The van der Waals surface area contributed by atoms with Crippen molar-refractivity contribution in [1.82, 2.24) is 14.5 Å². The number of aryl methyl sites for hydroxylation is 1. The van der Waals surface area contributed by atoms with Crippen molar-refractivity contribution in [3.05, 3.63) is 83.8 Å². The van der Waals surface area contributed by atoms with Crippen molar-refractivity contribution in [1.29, 1.82) is 5.26 Å². The number of anilines is 1. The van der Waals surface area contributed by atoms with Gasteiger partial charge in [0.2, 0.25) is 0 Å². The van der Waals surface area contributed by atoms with E-state index in [0.29, 0.717) is 40.3 Å². The van der Waals surface area contributed by atoms with Crippen LogP contribution in [0.1, 0.15) is 35.1 Å². The van der Waals surface area contributed by atoms with Gasteiger partial charge in [0.15, 0.2) is 5.65 Å². The normalized spacial score (nSPS) is 10.7. The fraction of sp³-hybridized carbons (Fsp3) is 0.222. The van der Waals surface area contributed by atoms with Crippen molar-refractivity contribution in [2.24, 2.45) is 7.05 Å². The summed E-state index contributed by atoms with van der Waals surface area (Å²) >= 11 is 1.61. The number of para-hydroxylation sites is 1. The van der Waals surface area contributed by atoms with Crippen molar-refractivity contribution in [3.8, 4) is 6.07 Å². The van der Waals surface area contributed by atoms with Gasteiger partial charge in [-0.2, -0.15) is 5.26 Å². The number of benzene rings is 2. The van der Waals surface area contributed by atoms with E-state index >= 15 is 0 Å². The molecule has 0 fully saturated rings. The van der Waals surface area contributed by atoms with Crippen LogP contribution >= 0.6 is 11.8 Å². The fourth-order valence-electron chi connectivity index (χ4n) is 3.69. The first-order valence-electron chi connectivity index (χ1n) is 11.5. The standard InChI is InChI=1S/C27H25N5O3S/c1-3-35-25(33)13-14-32(21-7-5-4-6-8-21)27(34)20-15-23-26(29-17-20)31(2)24(30-23)18-36-22-11-9-19(16-28)10-12-22/h4-12,15,17H,3,13-14,18H2,1-2H3.